The van der Waals surface area contributed by atoms with Gasteiger partial charge in [-0.05, 0) is 77.0 Å². The van der Waals surface area contributed by atoms with Gasteiger partial charge in [0.25, 0.3) is 0 Å². The van der Waals surface area contributed by atoms with Gasteiger partial charge in [-0.25, -0.2) is 0 Å². The summed E-state index contributed by atoms with van der Waals surface area (Å²) in [5, 5.41) is 0. The van der Waals surface area contributed by atoms with Crippen molar-refractivity contribution in [2.75, 3.05) is 52.4 Å². The van der Waals surface area contributed by atoms with E-state index in [1.807, 2.05) is 19.6 Å². The van der Waals surface area contributed by atoms with Gasteiger partial charge in [-0.2, -0.15) is 0 Å². The molecule has 0 saturated carbocycles. The van der Waals surface area contributed by atoms with Gasteiger partial charge in [-0.3, -0.25) is 19.2 Å². The molecular weight excluding hydrogens is 447 g/mol. The Hall–Kier alpha value is -0.484. The fourth-order valence-corrected chi connectivity index (χ4v) is 4.10. The molecule has 0 aromatic rings. The van der Waals surface area contributed by atoms with E-state index in [0.717, 1.165) is 78.0 Å². The van der Waals surface area contributed by atoms with Gasteiger partial charge in [0.05, 0.1) is 0 Å². The van der Waals surface area contributed by atoms with Crippen LogP contribution in [0.2, 0.25) is 0 Å². The average Bonchev–Trinajstić information content (AvgIpc) is 2.91. The molecule has 0 atom stereocenters. The van der Waals surface area contributed by atoms with Crippen molar-refractivity contribution in [3.63, 3.8) is 0 Å². The summed E-state index contributed by atoms with van der Waals surface area (Å²) in [5.74, 6) is 0. The van der Waals surface area contributed by atoms with Crippen molar-refractivity contribution >= 4 is 77.0 Å². The van der Waals surface area contributed by atoms with Crippen LogP contribution < -0.4 is 0 Å². The van der Waals surface area contributed by atoms with Gasteiger partial charge in [0, 0.05) is 52.4 Å². The average molecular weight is 493 g/mol. The predicted octanol–water partition coefficient (Wildman–Crippen LogP) is 1.87. The number of amides is 4. The van der Waals surface area contributed by atoms with Crippen molar-refractivity contribution in [2.45, 2.75) is 77.0 Å². The third-order valence-electron chi connectivity index (χ3n) is 6.16. The van der Waals surface area contributed by atoms with Gasteiger partial charge in [0.15, 0.2) is 0 Å². The maximum atomic E-state index is 10.1. The molecule has 186 valence electrons. The summed E-state index contributed by atoms with van der Waals surface area (Å²) in [6.45, 7) is 7.81. The van der Waals surface area contributed by atoms with Gasteiger partial charge in [0.1, 0.15) is 0 Å². The Morgan fingerprint density at radius 3 is 0.545 bits per heavy atom. The van der Waals surface area contributed by atoms with E-state index in [0.29, 0.717) is 0 Å². The van der Waals surface area contributed by atoms with Crippen LogP contribution in [-0.2, 0) is 19.2 Å². The number of carbonyl (C=O) groups is 4. The molecule has 4 amide bonds. The third kappa shape index (κ3) is 17.6. The normalized spacial score (nSPS) is 20.1. The number of carbonyl (C=O) groups excluding carboxylic acids is 4. The summed E-state index contributed by atoms with van der Waals surface area (Å²) in [7, 11) is 0. The van der Waals surface area contributed by atoms with Crippen molar-refractivity contribution in [3.05, 3.63) is 0 Å². The Morgan fingerprint density at radius 2 is 0.455 bits per heavy atom. The topological polar surface area (TPSA) is 81.2 Å². The van der Waals surface area contributed by atoms with Gasteiger partial charge in [-0.1, -0.05) is 0 Å². The first kappa shape index (κ1) is 32.5. The second kappa shape index (κ2) is 23.3. The van der Waals surface area contributed by atoms with Crippen molar-refractivity contribution < 1.29 is 19.2 Å². The molecule has 4 rings (SSSR count). The Kier molecular flexibility index (Phi) is 22.9. The number of likely N-dealkylation sites (tertiary alicyclic amines) is 4. The first-order valence-electron chi connectivity index (χ1n) is 12.5. The Balaban J connectivity index is 0.000000410. The fourth-order valence-electron chi connectivity index (χ4n) is 4.10. The molecule has 33 heavy (non-hydrogen) atoms. The standard InChI is InChI=1S/4C6H11NO.K.H/c4*8-6-7-4-2-1-3-5-7;;/h4*6H,1-5H2;;. The van der Waals surface area contributed by atoms with Crippen molar-refractivity contribution in [3.8, 4) is 0 Å². The number of hydrogen-bond acceptors (Lipinski definition) is 4. The van der Waals surface area contributed by atoms with E-state index in [4.69, 9.17) is 0 Å². The zero-order valence-electron chi connectivity index (χ0n) is 19.9. The van der Waals surface area contributed by atoms with E-state index in [2.05, 4.69) is 0 Å². The van der Waals surface area contributed by atoms with Crippen LogP contribution in [0.4, 0.5) is 0 Å². The molecule has 4 fully saturated rings. The quantitative estimate of drug-likeness (QED) is 0.443. The summed E-state index contributed by atoms with van der Waals surface area (Å²) in [6, 6.07) is 0. The molecule has 4 saturated heterocycles. The number of hydrogen-bond donors (Lipinski definition) is 0. The number of nitrogens with zero attached hydrogens (tertiary/aromatic N) is 4. The molecule has 0 aliphatic carbocycles. The van der Waals surface area contributed by atoms with Crippen LogP contribution in [0.1, 0.15) is 77.0 Å². The summed E-state index contributed by atoms with van der Waals surface area (Å²) >= 11 is 0. The molecule has 4 heterocycles. The minimum atomic E-state index is 0. The van der Waals surface area contributed by atoms with Crippen LogP contribution in [0.5, 0.6) is 0 Å². The number of piperidine rings is 4. The summed E-state index contributed by atoms with van der Waals surface area (Å²) in [6.07, 6.45) is 18.5. The second-order valence-electron chi connectivity index (χ2n) is 8.81. The Labute approximate surface area is 243 Å². The second-order valence-corrected chi connectivity index (χ2v) is 8.81. The molecule has 0 aromatic carbocycles. The maximum absolute atomic E-state index is 10.1. The van der Waals surface area contributed by atoms with Crippen LogP contribution in [0.25, 0.3) is 0 Å². The molecule has 4 aliphatic rings. The zero-order chi connectivity index (χ0) is 23.3. The van der Waals surface area contributed by atoms with Crippen molar-refractivity contribution in [1.82, 2.24) is 19.6 Å². The molecule has 0 aromatic heterocycles. The van der Waals surface area contributed by atoms with Gasteiger partial charge in [0.2, 0.25) is 25.6 Å². The molecule has 0 bridgehead atoms. The Bertz CT molecular complexity index is 401. The van der Waals surface area contributed by atoms with E-state index in [9.17, 15) is 19.2 Å². The molecule has 0 unspecified atom stereocenters. The van der Waals surface area contributed by atoms with E-state index in [1.54, 1.807) is 0 Å². The summed E-state index contributed by atoms with van der Waals surface area (Å²) in [5.41, 5.74) is 0. The molecule has 8 nitrogen and oxygen atoms in total. The first-order chi connectivity index (χ1) is 15.7. The van der Waals surface area contributed by atoms with Gasteiger partial charge < -0.3 is 19.6 Å². The molecule has 9 heteroatoms. The molecule has 0 radical (unpaired) electrons. The predicted molar refractivity (Wildman–Crippen MR) is 133 cm³/mol. The van der Waals surface area contributed by atoms with Gasteiger partial charge in [-0.15, -0.1) is 0 Å². The molecule has 0 spiro atoms. The van der Waals surface area contributed by atoms with Crippen LogP contribution >= 0.6 is 0 Å². The third-order valence-corrected chi connectivity index (χ3v) is 6.16. The monoisotopic (exact) mass is 492 g/mol. The Morgan fingerprint density at radius 1 is 0.303 bits per heavy atom. The minimum absolute atomic E-state index is 0. The van der Waals surface area contributed by atoms with Crippen LogP contribution in [0.3, 0.4) is 0 Å². The van der Waals surface area contributed by atoms with E-state index in [-0.39, 0.29) is 51.4 Å². The SMILES string of the molecule is O=CN1CCCCC1.O=CN1CCCCC1.O=CN1CCCCC1.O=CN1CCCCC1.[KH]. The number of rotatable bonds is 4. The molecule has 0 N–H and O–H groups in total. The summed E-state index contributed by atoms with van der Waals surface area (Å²) in [4.78, 5) is 47.7. The molecular formula is C24H45KN4O4. The molecule has 4 aliphatic heterocycles. The van der Waals surface area contributed by atoms with Crippen molar-refractivity contribution in [1.29, 1.82) is 0 Å². The van der Waals surface area contributed by atoms with E-state index < -0.39 is 0 Å². The van der Waals surface area contributed by atoms with Crippen LogP contribution in [0.15, 0.2) is 0 Å². The summed E-state index contributed by atoms with van der Waals surface area (Å²) < 4.78 is 0. The van der Waals surface area contributed by atoms with Crippen LogP contribution in [-0.4, -0.2) is 149 Å². The van der Waals surface area contributed by atoms with Crippen molar-refractivity contribution in [2.24, 2.45) is 0 Å². The van der Waals surface area contributed by atoms with E-state index >= 15 is 0 Å². The van der Waals surface area contributed by atoms with Gasteiger partial charge >= 0.3 is 51.4 Å². The fraction of sp³-hybridized carbons (Fsp3) is 0.833. The first-order valence-corrected chi connectivity index (χ1v) is 12.5. The zero-order valence-corrected chi connectivity index (χ0v) is 19.9. The van der Waals surface area contributed by atoms with Crippen LogP contribution in [0, 0.1) is 0 Å². The van der Waals surface area contributed by atoms with E-state index in [1.165, 1.54) is 77.0 Å².